The lowest BCUT2D eigenvalue weighted by molar-refractivity contribution is -0.0794. The maximum atomic E-state index is 10.7. The highest BCUT2D eigenvalue weighted by molar-refractivity contribution is 5.85. The van der Waals surface area contributed by atoms with Crippen LogP contribution in [0, 0.1) is 5.41 Å². The van der Waals surface area contributed by atoms with Crippen LogP contribution in [0.15, 0.2) is 18.3 Å². The highest BCUT2D eigenvalue weighted by Crippen LogP contribution is 2.43. The Balaban J connectivity index is 2.01. The number of carboxylic acid groups (broad SMARTS) is 1. The quantitative estimate of drug-likeness (QED) is 0.855. The summed E-state index contributed by atoms with van der Waals surface area (Å²) in [6.45, 7) is 4.31. The summed E-state index contributed by atoms with van der Waals surface area (Å²) in [6.07, 6.45) is 2.77. The van der Waals surface area contributed by atoms with Crippen molar-refractivity contribution in [2.24, 2.45) is 5.41 Å². The summed E-state index contributed by atoms with van der Waals surface area (Å²) in [5, 5.41) is 12.1. The number of pyridine rings is 1. The van der Waals surface area contributed by atoms with E-state index in [1.54, 1.807) is 19.4 Å². The first kappa shape index (κ1) is 12.8. The zero-order valence-corrected chi connectivity index (χ0v) is 10.8. The number of hydrogen-bond donors (Lipinski definition) is 2. The second-order valence-corrected chi connectivity index (χ2v) is 5.22. The predicted octanol–water partition coefficient (Wildman–Crippen LogP) is 2.01. The molecule has 1 heterocycles. The van der Waals surface area contributed by atoms with Crippen molar-refractivity contribution in [3.05, 3.63) is 24.0 Å². The van der Waals surface area contributed by atoms with Crippen molar-refractivity contribution >= 4 is 11.7 Å². The topological polar surface area (TPSA) is 71.5 Å². The van der Waals surface area contributed by atoms with E-state index < -0.39 is 5.97 Å². The Morgan fingerprint density at radius 3 is 2.72 bits per heavy atom. The number of carbonyl (C=O) groups is 1. The molecule has 0 radical (unpaired) electrons. The Labute approximate surface area is 106 Å². The average Bonchev–Trinajstić information content (AvgIpc) is 2.34. The van der Waals surface area contributed by atoms with Gasteiger partial charge in [0.25, 0.3) is 0 Å². The van der Waals surface area contributed by atoms with Gasteiger partial charge in [-0.3, -0.25) is 0 Å². The third-order valence-electron chi connectivity index (χ3n) is 3.79. The summed E-state index contributed by atoms with van der Waals surface area (Å²) in [5.74, 6) is -1.01. The molecule has 0 bridgehead atoms. The van der Waals surface area contributed by atoms with Crippen LogP contribution in [0.2, 0.25) is 0 Å². The summed E-state index contributed by atoms with van der Waals surface area (Å²) in [6, 6.07) is 3.57. The molecule has 2 N–H and O–H groups in total. The fourth-order valence-electron chi connectivity index (χ4n) is 2.34. The number of carboxylic acids is 1. The van der Waals surface area contributed by atoms with Gasteiger partial charge < -0.3 is 15.2 Å². The molecule has 2 atom stereocenters. The molecule has 0 aromatic carbocycles. The Bertz CT molecular complexity index is 442. The number of aromatic nitrogens is 1. The Kier molecular flexibility index (Phi) is 3.26. The molecule has 1 saturated carbocycles. The lowest BCUT2D eigenvalue weighted by atomic mass is 9.64. The Hall–Kier alpha value is -1.62. The predicted molar refractivity (Wildman–Crippen MR) is 67.8 cm³/mol. The standard InChI is InChI=1S/C13H18N2O3/c1-13(2)10(6-11(13)18-3)15-8-4-5-9(12(16)17)14-7-8/h4-5,7,10-11,15H,6H2,1-3H3,(H,16,17). The number of rotatable bonds is 4. The van der Waals surface area contributed by atoms with E-state index in [-0.39, 0.29) is 17.2 Å². The van der Waals surface area contributed by atoms with Gasteiger partial charge in [0.2, 0.25) is 0 Å². The van der Waals surface area contributed by atoms with Crippen LogP contribution in [-0.4, -0.2) is 35.3 Å². The first-order valence-electron chi connectivity index (χ1n) is 5.94. The summed E-state index contributed by atoms with van der Waals surface area (Å²) in [4.78, 5) is 14.6. The maximum Gasteiger partial charge on any atom is 0.354 e. The van der Waals surface area contributed by atoms with Gasteiger partial charge in [-0.2, -0.15) is 0 Å². The van der Waals surface area contributed by atoms with E-state index in [2.05, 4.69) is 24.1 Å². The molecule has 5 nitrogen and oxygen atoms in total. The molecule has 1 aromatic heterocycles. The molecule has 98 valence electrons. The highest BCUT2D eigenvalue weighted by atomic mass is 16.5. The molecule has 18 heavy (non-hydrogen) atoms. The van der Waals surface area contributed by atoms with Crippen molar-refractivity contribution < 1.29 is 14.6 Å². The molecule has 0 spiro atoms. The van der Waals surface area contributed by atoms with E-state index >= 15 is 0 Å². The minimum absolute atomic E-state index is 0.0585. The molecule has 1 aliphatic carbocycles. The normalized spacial score (nSPS) is 25.3. The van der Waals surface area contributed by atoms with Crippen LogP contribution in [-0.2, 0) is 4.74 Å². The van der Waals surface area contributed by atoms with Crippen molar-refractivity contribution in [2.45, 2.75) is 32.4 Å². The summed E-state index contributed by atoms with van der Waals surface area (Å²) < 4.78 is 5.39. The molecule has 2 unspecified atom stereocenters. The number of hydrogen-bond acceptors (Lipinski definition) is 4. The van der Waals surface area contributed by atoms with Crippen molar-refractivity contribution in [3.8, 4) is 0 Å². The van der Waals surface area contributed by atoms with Gasteiger partial charge in [-0.1, -0.05) is 13.8 Å². The number of anilines is 1. The second-order valence-electron chi connectivity index (χ2n) is 5.22. The van der Waals surface area contributed by atoms with E-state index in [9.17, 15) is 4.79 Å². The van der Waals surface area contributed by atoms with Crippen molar-refractivity contribution in [1.29, 1.82) is 0 Å². The van der Waals surface area contributed by atoms with Gasteiger partial charge >= 0.3 is 5.97 Å². The van der Waals surface area contributed by atoms with Crippen LogP contribution in [0.5, 0.6) is 0 Å². The van der Waals surface area contributed by atoms with Crippen molar-refractivity contribution in [3.63, 3.8) is 0 Å². The number of nitrogens with one attached hydrogen (secondary N) is 1. The van der Waals surface area contributed by atoms with E-state index in [0.717, 1.165) is 12.1 Å². The Morgan fingerprint density at radius 1 is 1.56 bits per heavy atom. The lowest BCUT2D eigenvalue weighted by Gasteiger charge is -2.51. The molecule has 5 heteroatoms. The monoisotopic (exact) mass is 250 g/mol. The van der Waals surface area contributed by atoms with Crippen LogP contribution in [0.3, 0.4) is 0 Å². The molecule has 1 aliphatic rings. The van der Waals surface area contributed by atoms with Gasteiger partial charge in [-0.05, 0) is 18.6 Å². The first-order chi connectivity index (χ1) is 8.45. The zero-order chi connectivity index (χ0) is 13.3. The largest absolute Gasteiger partial charge is 0.477 e. The van der Waals surface area contributed by atoms with Gasteiger partial charge in [-0.15, -0.1) is 0 Å². The Morgan fingerprint density at radius 2 is 2.28 bits per heavy atom. The number of aromatic carboxylic acids is 1. The third-order valence-corrected chi connectivity index (χ3v) is 3.79. The fraction of sp³-hybridized carbons (Fsp3) is 0.538. The van der Waals surface area contributed by atoms with Crippen LogP contribution < -0.4 is 5.32 Å². The van der Waals surface area contributed by atoms with Gasteiger partial charge in [0.05, 0.1) is 18.0 Å². The fourth-order valence-corrected chi connectivity index (χ4v) is 2.34. The van der Waals surface area contributed by atoms with Gasteiger partial charge in [0, 0.05) is 18.6 Å². The van der Waals surface area contributed by atoms with E-state index in [0.29, 0.717) is 6.04 Å². The molecule has 0 amide bonds. The van der Waals surface area contributed by atoms with E-state index in [1.165, 1.54) is 6.07 Å². The minimum atomic E-state index is -1.01. The third kappa shape index (κ3) is 2.18. The SMILES string of the molecule is COC1CC(Nc2ccc(C(=O)O)nc2)C1(C)C. The summed E-state index contributed by atoms with van der Waals surface area (Å²) in [7, 11) is 1.73. The van der Waals surface area contributed by atoms with Crippen LogP contribution >= 0.6 is 0 Å². The zero-order valence-electron chi connectivity index (χ0n) is 10.8. The average molecular weight is 250 g/mol. The number of nitrogens with zero attached hydrogens (tertiary/aromatic N) is 1. The van der Waals surface area contributed by atoms with Crippen molar-refractivity contribution in [1.82, 2.24) is 4.98 Å². The van der Waals surface area contributed by atoms with Crippen molar-refractivity contribution in [2.75, 3.05) is 12.4 Å². The maximum absolute atomic E-state index is 10.7. The van der Waals surface area contributed by atoms with E-state index in [4.69, 9.17) is 9.84 Å². The molecular weight excluding hydrogens is 232 g/mol. The first-order valence-corrected chi connectivity index (χ1v) is 5.94. The second kappa shape index (κ2) is 4.57. The van der Waals surface area contributed by atoms with Gasteiger partial charge in [0.1, 0.15) is 5.69 Å². The van der Waals surface area contributed by atoms with Gasteiger partial charge in [0.15, 0.2) is 0 Å². The molecule has 0 aliphatic heterocycles. The lowest BCUT2D eigenvalue weighted by Crippen LogP contribution is -2.57. The molecule has 1 aromatic rings. The van der Waals surface area contributed by atoms with E-state index in [1.807, 2.05) is 0 Å². The molecule has 0 saturated heterocycles. The summed E-state index contributed by atoms with van der Waals surface area (Å²) in [5.41, 5.74) is 0.969. The smallest absolute Gasteiger partial charge is 0.354 e. The highest BCUT2D eigenvalue weighted by Gasteiger charge is 2.48. The minimum Gasteiger partial charge on any atom is -0.477 e. The van der Waals surface area contributed by atoms with Gasteiger partial charge in [-0.25, -0.2) is 9.78 Å². The number of ether oxygens (including phenoxy) is 1. The number of methoxy groups -OCH3 is 1. The molecule has 1 fully saturated rings. The molecular formula is C13H18N2O3. The van der Waals surface area contributed by atoms with Crippen LogP contribution in [0.4, 0.5) is 5.69 Å². The van der Waals surface area contributed by atoms with Crippen LogP contribution in [0.25, 0.3) is 0 Å². The summed E-state index contributed by atoms with van der Waals surface area (Å²) >= 11 is 0. The molecule has 2 rings (SSSR count). The van der Waals surface area contributed by atoms with Crippen LogP contribution in [0.1, 0.15) is 30.8 Å².